The zero-order valence-electron chi connectivity index (χ0n) is 19.4. The van der Waals surface area contributed by atoms with Crippen LogP contribution in [0.5, 0.6) is 0 Å². The van der Waals surface area contributed by atoms with Gasteiger partial charge in [0.15, 0.2) is 5.65 Å². The van der Waals surface area contributed by atoms with Crippen molar-refractivity contribution in [2.24, 2.45) is 0 Å². The van der Waals surface area contributed by atoms with Crippen molar-refractivity contribution in [2.75, 3.05) is 24.5 Å². The Morgan fingerprint density at radius 1 is 1.12 bits per heavy atom. The van der Waals surface area contributed by atoms with Crippen LogP contribution in [0.3, 0.4) is 0 Å². The molecule has 176 valence electrons. The molecule has 1 aliphatic heterocycles. The molecule has 0 saturated carbocycles. The predicted octanol–water partition coefficient (Wildman–Crippen LogP) is 2.82. The molecule has 1 atom stereocenters. The molecular formula is C22H28N6O4S. The van der Waals surface area contributed by atoms with Gasteiger partial charge in [0.05, 0.1) is 16.5 Å². The Morgan fingerprint density at radius 2 is 1.82 bits per heavy atom. The summed E-state index contributed by atoms with van der Waals surface area (Å²) in [7, 11) is -3.91. The van der Waals surface area contributed by atoms with E-state index < -0.39 is 15.6 Å². The van der Waals surface area contributed by atoms with E-state index in [1.165, 1.54) is 12.5 Å². The van der Waals surface area contributed by atoms with Gasteiger partial charge in [-0.2, -0.15) is 13.5 Å². The Kier molecular flexibility index (Phi) is 5.77. The molecule has 11 heteroatoms. The first-order chi connectivity index (χ1) is 15.5. The highest BCUT2D eigenvalue weighted by Gasteiger charge is 2.32. The first-order valence-corrected chi connectivity index (χ1v) is 12.2. The molecule has 3 heterocycles. The van der Waals surface area contributed by atoms with Crippen molar-refractivity contribution in [3.05, 3.63) is 42.4 Å². The van der Waals surface area contributed by atoms with Crippen molar-refractivity contribution in [3.63, 3.8) is 0 Å². The van der Waals surface area contributed by atoms with Crippen LogP contribution >= 0.6 is 0 Å². The van der Waals surface area contributed by atoms with Crippen LogP contribution in [0.2, 0.25) is 0 Å². The minimum absolute atomic E-state index is 0.120. The average Bonchev–Trinajstić information content (AvgIpc) is 3.18. The van der Waals surface area contributed by atoms with E-state index in [0.29, 0.717) is 30.8 Å². The van der Waals surface area contributed by atoms with E-state index in [4.69, 9.17) is 4.74 Å². The van der Waals surface area contributed by atoms with Crippen LogP contribution in [0.25, 0.3) is 11.0 Å². The number of fused-ring (bicyclic) bond motifs is 1. The number of ether oxygens (including phenoxy) is 1. The lowest BCUT2D eigenvalue weighted by molar-refractivity contribution is 0.0158. The van der Waals surface area contributed by atoms with Gasteiger partial charge in [0.1, 0.15) is 17.7 Å². The number of aromatic nitrogens is 4. The summed E-state index contributed by atoms with van der Waals surface area (Å²) in [4.78, 5) is 25.0. The van der Waals surface area contributed by atoms with Gasteiger partial charge in [-0.15, -0.1) is 4.09 Å². The maximum absolute atomic E-state index is 13.2. The summed E-state index contributed by atoms with van der Waals surface area (Å²) in [5.41, 5.74) is 0.607. The molecule has 0 spiro atoms. The standard InChI is InChI=1S/C22H28N6O4S/c1-15-6-8-17(9-7-15)33(30,31)28-20-18(12-25-28)19(23-14-24-20)26-10-11-27(16(2)13-26)21(29)32-22(3,4)5/h6-9,12,14,16H,10-11,13H2,1-5H3/t16-/m1/s1. The second kappa shape index (κ2) is 8.29. The highest BCUT2D eigenvalue weighted by atomic mass is 32.2. The van der Waals surface area contributed by atoms with Gasteiger partial charge in [0, 0.05) is 25.7 Å². The smallest absolute Gasteiger partial charge is 0.410 e. The Labute approximate surface area is 193 Å². The number of aryl methyl sites for hydroxylation is 1. The summed E-state index contributed by atoms with van der Waals surface area (Å²) < 4.78 is 32.8. The number of carbonyl (C=O) groups is 1. The normalized spacial score (nSPS) is 17.4. The highest BCUT2D eigenvalue weighted by molar-refractivity contribution is 7.90. The lowest BCUT2D eigenvalue weighted by atomic mass is 10.2. The summed E-state index contributed by atoms with van der Waals surface area (Å²) in [5, 5.41) is 4.67. The van der Waals surface area contributed by atoms with Crippen LogP contribution in [0.15, 0.2) is 41.7 Å². The van der Waals surface area contributed by atoms with Crippen LogP contribution in [0.1, 0.15) is 33.3 Å². The lowest BCUT2D eigenvalue weighted by Gasteiger charge is -2.40. The Hall–Kier alpha value is -3.21. The lowest BCUT2D eigenvalue weighted by Crippen LogP contribution is -2.55. The molecule has 0 N–H and O–H groups in total. The van der Waals surface area contributed by atoms with E-state index >= 15 is 0 Å². The summed E-state index contributed by atoms with van der Waals surface area (Å²) in [6.07, 6.45) is 2.46. The fourth-order valence-electron chi connectivity index (χ4n) is 3.79. The zero-order chi connectivity index (χ0) is 24.0. The number of nitrogens with zero attached hydrogens (tertiary/aromatic N) is 6. The fraction of sp³-hybridized carbons (Fsp3) is 0.455. The Morgan fingerprint density at radius 3 is 2.45 bits per heavy atom. The molecule has 33 heavy (non-hydrogen) atoms. The number of anilines is 1. The molecule has 2 aromatic heterocycles. The van der Waals surface area contributed by atoms with Crippen molar-refractivity contribution >= 4 is 33.0 Å². The second-order valence-corrected chi connectivity index (χ2v) is 11.0. The molecule has 0 radical (unpaired) electrons. The molecule has 3 aromatic rings. The Bertz CT molecular complexity index is 1280. The number of amides is 1. The van der Waals surface area contributed by atoms with Gasteiger partial charge in [-0.05, 0) is 46.8 Å². The molecule has 1 aromatic carbocycles. The number of carbonyl (C=O) groups excluding carboxylic acids is 1. The molecule has 1 aliphatic rings. The van der Waals surface area contributed by atoms with Crippen LogP contribution in [-0.2, 0) is 14.8 Å². The first-order valence-electron chi connectivity index (χ1n) is 10.7. The van der Waals surface area contributed by atoms with Crippen molar-refractivity contribution in [1.82, 2.24) is 24.1 Å². The third-order valence-corrected chi connectivity index (χ3v) is 7.01. The van der Waals surface area contributed by atoms with Crippen LogP contribution in [0.4, 0.5) is 10.6 Å². The number of piperazine rings is 1. The van der Waals surface area contributed by atoms with Crippen LogP contribution < -0.4 is 4.90 Å². The predicted molar refractivity (Wildman–Crippen MR) is 124 cm³/mol. The average molecular weight is 473 g/mol. The number of hydrogen-bond acceptors (Lipinski definition) is 8. The fourth-order valence-corrected chi connectivity index (χ4v) is 5.01. The van der Waals surface area contributed by atoms with Gasteiger partial charge in [-0.25, -0.2) is 14.8 Å². The zero-order valence-corrected chi connectivity index (χ0v) is 20.2. The topological polar surface area (TPSA) is 111 Å². The molecule has 1 saturated heterocycles. The van der Waals surface area contributed by atoms with E-state index in [2.05, 4.69) is 15.1 Å². The molecule has 0 unspecified atom stereocenters. The van der Waals surface area contributed by atoms with E-state index in [0.717, 1.165) is 9.65 Å². The van der Waals surface area contributed by atoms with E-state index in [-0.39, 0.29) is 22.7 Å². The maximum Gasteiger partial charge on any atom is 0.410 e. The minimum Gasteiger partial charge on any atom is -0.444 e. The third kappa shape index (κ3) is 4.50. The molecule has 4 rings (SSSR count). The molecular weight excluding hydrogens is 444 g/mol. The molecule has 0 bridgehead atoms. The summed E-state index contributed by atoms with van der Waals surface area (Å²) in [6, 6.07) is 6.47. The van der Waals surface area contributed by atoms with Crippen molar-refractivity contribution in [3.8, 4) is 0 Å². The first kappa shape index (κ1) is 23.0. The highest BCUT2D eigenvalue weighted by Crippen LogP contribution is 2.27. The monoisotopic (exact) mass is 472 g/mol. The summed E-state index contributed by atoms with van der Waals surface area (Å²) in [6.45, 7) is 10.8. The van der Waals surface area contributed by atoms with Gasteiger partial charge in [0.2, 0.25) is 0 Å². The SMILES string of the molecule is Cc1ccc(S(=O)(=O)n2ncc3c(N4CCN(C(=O)OC(C)(C)C)[C@H](C)C4)ncnc32)cc1. The number of hydrogen-bond donors (Lipinski definition) is 0. The minimum atomic E-state index is -3.91. The molecule has 10 nitrogen and oxygen atoms in total. The Balaban J connectivity index is 1.62. The van der Waals surface area contributed by atoms with Gasteiger partial charge in [-0.3, -0.25) is 0 Å². The van der Waals surface area contributed by atoms with E-state index in [9.17, 15) is 13.2 Å². The number of benzene rings is 1. The van der Waals surface area contributed by atoms with E-state index in [1.54, 1.807) is 29.2 Å². The van der Waals surface area contributed by atoms with Gasteiger partial charge in [-0.1, -0.05) is 17.7 Å². The maximum atomic E-state index is 13.2. The molecule has 0 aliphatic carbocycles. The summed E-state index contributed by atoms with van der Waals surface area (Å²) >= 11 is 0. The largest absolute Gasteiger partial charge is 0.444 e. The van der Waals surface area contributed by atoms with Gasteiger partial charge >= 0.3 is 6.09 Å². The van der Waals surface area contributed by atoms with Gasteiger partial charge < -0.3 is 14.5 Å². The third-order valence-electron chi connectivity index (χ3n) is 5.42. The summed E-state index contributed by atoms with van der Waals surface area (Å²) in [5.74, 6) is 0.584. The van der Waals surface area contributed by atoms with Crippen molar-refractivity contribution in [1.29, 1.82) is 0 Å². The molecule has 1 amide bonds. The quantitative estimate of drug-likeness (QED) is 0.572. The molecule has 1 fully saturated rings. The van der Waals surface area contributed by atoms with Crippen LogP contribution in [0, 0.1) is 6.92 Å². The van der Waals surface area contributed by atoms with E-state index in [1.807, 2.05) is 39.5 Å². The second-order valence-electron chi connectivity index (χ2n) is 9.21. The van der Waals surface area contributed by atoms with Crippen molar-refractivity contribution < 1.29 is 17.9 Å². The van der Waals surface area contributed by atoms with Crippen molar-refractivity contribution in [2.45, 2.75) is 51.2 Å². The van der Waals surface area contributed by atoms with Gasteiger partial charge in [0.25, 0.3) is 10.0 Å². The number of rotatable bonds is 3. The van der Waals surface area contributed by atoms with Crippen LogP contribution in [-0.4, -0.2) is 69.8 Å².